The lowest BCUT2D eigenvalue weighted by atomic mass is 9.96. The summed E-state index contributed by atoms with van der Waals surface area (Å²) in [6.07, 6.45) is 6.59. The highest BCUT2D eigenvalue weighted by Crippen LogP contribution is 2.24. The molecular weight excluding hydrogens is 367 g/mol. The molecule has 0 saturated carbocycles. The monoisotopic (exact) mass is 392 g/mol. The van der Waals surface area contributed by atoms with Gasteiger partial charge in [0.05, 0.1) is 11.0 Å². The van der Waals surface area contributed by atoms with Crippen LogP contribution in [0.1, 0.15) is 42.2 Å². The molecule has 0 aliphatic heterocycles. The average Bonchev–Trinajstić information content (AvgIpc) is 3.18. The molecule has 2 heterocycles. The Kier molecular flexibility index (Phi) is 5.60. The minimum Gasteiger partial charge on any atom is -0.384 e. The lowest BCUT2D eigenvalue weighted by Crippen LogP contribution is -2.42. The Labute approximate surface area is 169 Å². The minimum absolute atomic E-state index is 0.00952. The number of aromatic nitrogens is 2. The van der Waals surface area contributed by atoms with Gasteiger partial charge in [0.15, 0.2) is 0 Å². The van der Waals surface area contributed by atoms with Crippen LogP contribution in [0.3, 0.4) is 0 Å². The Balaban J connectivity index is 1.42. The van der Waals surface area contributed by atoms with Crippen molar-refractivity contribution in [2.24, 2.45) is 0 Å². The normalized spacial score (nSPS) is 16.5. The van der Waals surface area contributed by atoms with E-state index in [9.17, 15) is 9.18 Å². The molecule has 2 N–H and O–H groups in total. The molecule has 0 radical (unpaired) electrons. The van der Waals surface area contributed by atoms with Crippen LogP contribution in [0.4, 0.5) is 4.39 Å². The molecule has 0 saturated heterocycles. The fourth-order valence-corrected chi connectivity index (χ4v) is 3.91. The number of aromatic amines is 1. The van der Waals surface area contributed by atoms with Crippen LogP contribution in [0.25, 0.3) is 11.0 Å². The predicted octanol–water partition coefficient (Wildman–Crippen LogP) is 4.39. The van der Waals surface area contributed by atoms with Crippen LogP contribution in [-0.2, 0) is 6.54 Å². The number of hydrogen-bond donors (Lipinski definition) is 2. The molecule has 6 heteroatoms. The SMILES string of the molecule is CCN(C(=O)c1cc2ncccc2[nH]1)[C@H]1CCC=C(NCc2ccc(F)cc2)C1. The summed E-state index contributed by atoms with van der Waals surface area (Å²) in [5.41, 5.74) is 4.42. The second-order valence-electron chi connectivity index (χ2n) is 7.36. The van der Waals surface area contributed by atoms with Gasteiger partial charge in [-0.3, -0.25) is 9.78 Å². The van der Waals surface area contributed by atoms with Gasteiger partial charge in [-0.1, -0.05) is 18.2 Å². The standard InChI is InChI=1S/C23H25FN4O/c1-2-28(23(29)22-14-21-20(27-22)7-4-12-25-21)19-6-3-5-18(13-19)26-15-16-8-10-17(24)11-9-16/h4-5,7-12,14,19,26-27H,2-3,6,13,15H2,1H3/t19-/m0/s1. The third-order valence-electron chi connectivity index (χ3n) is 5.44. The van der Waals surface area contributed by atoms with Crippen molar-refractivity contribution in [1.29, 1.82) is 0 Å². The highest BCUT2D eigenvalue weighted by Gasteiger charge is 2.27. The number of carbonyl (C=O) groups excluding carboxylic acids is 1. The predicted molar refractivity (Wildman–Crippen MR) is 112 cm³/mol. The van der Waals surface area contributed by atoms with Crippen molar-refractivity contribution >= 4 is 16.9 Å². The topological polar surface area (TPSA) is 61.0 Å². The van der Waals surface area contributed by atoms with Gasteiger partial charge in [0.2, 0.25) is 0 Å². The highest BCUT2D eigenvalue weighted by atomic mass is 19.1. The fourth-order valence-electron chi connectivity index (χ4n) is 3.91. The van der Waals surface area contributed by atoms with Crippen LogP contribution < -0.4 is 5.32 Å². The summed E-state index contributed by atoms with van der Waals surface area (Å²) in [5.74, 6) is -0.217. The molecule has 1 aliphatic rings. The molecule has 29 heavy (non-hydrogen) atoms. The molecule has 2 aromatic heterocycles. The van der Waals surface area contributed by atoms with Crippen LogP contribution in [-0.4, -0.2) is 33.4 Å². The first kappa shape index (κ1) is 19.2. The maximum absolute atomic E-state index is 13.2. The van der Waals surface area contributed by atoms with Gasteiger partial charge in [0.25, 0.3) is 5.91 Å². The van der Waals surface area contributed by atoms with Gasteiger partial charge in [-0.15, -0.1) is 0 Å². The zero-order chi connectivity index (χ0) is 20.2. The average molecular weight is 392 g/mol. The molecule has 1 aliphatic carbocycles. The summed E-state index contributed by atoms with van der Waals surface area (Å²) >= 11 is 0. The number of hydrogen-bond acceptors (Lipinski definition) is 3. The molecule has 1 aromatic carbocycles. The van der Waals surface area contributed by atoms with Crippen LogP contribution in [0.2, 0.25) is 0 Å². The van der Waals surface area contributed by atoms with Crippen molar-refractivity contribution in [2.75, 3.05) is 6.54 Å². The van der Waals surface area contributed by atoms with Gasteiger partial charge in [0, 0.05) is 37.4 Å². The lowest BCUT2D eigenvalue weighted by molar-refractivity contribution is 0.0669. The first-order valence-corrected chi connectivity index (χ1v) is 10.1. The number of pyridine rings is 1. The Hall–Kier alpha value is -3.15. The second-order valence-corrected chi connectivity index (χ2v) is 7.36. The Morgan fingerprint density at radius 2 is 2.14 bits per heavy atom. The number of nitrogens with one attached hydrogen (secondary N) is 2. The van der Waals surface area contributed by atoms with Gasteiger partial charge in [0.1, 0.15) is 11.5 Å². The number of nitrogens with zero attached hydrogens (tertiary/aromatic N) is 2. The van der Waals surface area contributed by atoms with Gasteiger partial charge >= 0.3 is 0 Å². The summed E-state index contributed by atoms with van der Waals surface area (Å²) in [6, 6.07) is 12.3. The first-order valence-electron chi connectivity index (χ1n) is 10.1. The maximum Gasteiger partial charge on any atom is 0.270 e. The van der Waals surface area contributed by atoms with Crippen LogP contribution in [0.15, 0.2) is 60.4 Å². The molecule has 5 nitrogen and oxygen atoms in total. The van der Waals surface area contributed by atoms with Gasteiger partial charge < -0.3 is 15.2 Å². The van der Waals surface area contributed by atoms with Crippen LogP contribution in [0.5, 0.6) is 0 Å². The summed E-state index contributed by atoms with van der Waals surface area (Å²) in [5, 5.41) is 3.45. The van der Waals surface area contributed by atoms with Gasteiger partial charge in [-0.25, -0.2) is 4.39 Å². The van der Waals surface area contributed by atoms with E-state index in [2.05, 4.69) is 21.4 Å². The van der Waals surface area contributed by atoms with E-state index in [4.69, 9.17) is 0 Å². The zero-order valence-corrected chi connectivity index (χ0v) is 16.5. The van der Waals surface area contributed by atoms with Crippen molar-refractivity contribution in [1.82, 2.24) is 20.2 Å². The second kappa shape index (κ2) is 8.47. The Bertz CT molecular complexity index is 992. The number of fused-ring (bicyclic) bond motifs is 1. The number of rotatable bonds is 6. The van der Waals surface area contributed by atoms with E-state index in [0.29, 0.717) is 18.8 Å². The van der Waals surface area contributed by atoms with E-state index in [1.54, 1.807) is 18.3 Å². The van der Waals surface area contributed by atoms with E-state index >= 15 is 0 Å². The Morgan fingerprint density at radius 1 is 1.31 bits per heavy atom. The molecule has 150 valence electrons. The molecule has 0 fully saturated rings. The number of halogens is 1. The van der Waals surface area contributed by atoms with Crippen molar-refractivity contribution in [2.45, 2.75) is 38.8 Å². The van der Waals surface area contributed by atoms with Crippen molar-refractivity contribution in [3.63, 3.8) is 0 Å². The maximum atomic E-state index is 13.2. The first-order chi connectivity index (χ1) is 14.1. The van der Waals surface area contributed by atoms with Crippen molar-refractivity contribution in [3.8, 4) is 0 Å². The van der Waals surface area contributed by atoms with E-state index < -0.39 is 0 Å². The zero-order valence-electron chi connectivity index (χ0n) is 16.5. The summed E-state index contributed by atoms with van der Waals surface area (Å²) in [4.78, 5) is 22.6. The molecule has 1 amide bonds. The van der Waals surface area contributed by atoms with Crippen molar-refractivity contribution in [3.05, 3.63) is 77.5 Å². The number of benzene rings is 1. The van der Waals surface area contributed by atoms with Crippen LogP contribution in [0, 0.1) is 5.82 Å². The molecular formula is C23H25FN4O. The van der Waals surface area contributed by atoms with E-state index in [-0.39, 0.29) is 17.8 Å². The van der Waals surface area contributed by atoms with Gasteiger partial charge in [-0.05, 0) is 55.7 Å². The van der Waals surface area contributed by atoms with Crippen molar-refractivity contribution < 1.29 is 9.18 Å². The molecule has 0 unspecified atom stereocenters. The molecule has 0 bridgehead atoms. The van der Waals surface area contributed by atoms with Gasteiger partial charge in [-0.2, -0.15) is 0 Å². The Morgan fingerprint density at radius 3 is 2.90 bits per heavy atom. The number of carbonyl (C=O) groups is 1. The number of allylic oxidation sites excluding steroid dienone is 1. The van der Waals surface area contributed by atoms with E-state index in [1.165, 1.54) is 12.1 Å². The third kappa shape index (κ3) is 4.31. The van der Waals surface area contributed by atoms with Crippen LogP contribution >= 0.6 is 0 Å². The number of amides is 1. The largest absolute Gasteiger partial charge is 0.384 e. The highest BCUT2D eigenvalue weighted by molar-refractivity contribution is 5.97. The molecule has 3 aromatic rings. The lowest BCUT2D eigenvalue weighted by Gasteiger charge is -2.34. The smallest absolute Gasteiger partial charge is 0.270 e. The fraction of sp³-hybridized carbons (Fsp3) is 0.304. The third-order valence-corrected chi connectivity index (χ3v) is 5.44. The van der Waals surface area contributed by atoms with E-state index in [1.807, 2.05) is 30.0 Å². The quantitative estimate of drug-likeness (QED) is 0.654. The van der Waals surface area contributed by atoms with E-state index in [0.717, 1.165) is 41.6 Å². The molecule has 1 atom stereocenters. The summed E-state index contributed by atoms with van der Waals surface area (Å²) in [7, 11) is 0. The summed E-state index contributed by atoms with van der Waals surface area (Å²) in [6.45, 7) is 3.31. The summed E-state index contributed by atoms with van der Waals surface area (Å²) < 4.78 is 13.1. The number of H-pyrrole nitrogens is 1. The molecule has 0 spiro atoms. The molecule has 4 rings (SSSR count). The minimum atomic E-state index is -0.227.